The van der Waals surface area contributed by atoms with Gasteiger partial charge in [0.05, 0.1) is 29.9 Å². The number of sulfonamides is 1. The van der Waals surface area contributed by atoms with E-state index in [0.29, 0.717) is 38.4 Å². The van der Waals surface area contributed by atoms with Crippen molar-refractivity contribution in [2.24, 2.45) is 0 Å². The molecular formula is C20H24N2O4S. The van der Waals surface area contributed by atoms with Crippen molar-refractivity contribution >= 4 is 15.7 Å². The molecule has 2 heterocycles. The monoisotopic (exact) mass is 388 g/mol. The maximum Gasteiger partial charge on any atom is 0.264 e. The Morgan fingerprint density at radius 3 is 2.52 bits per heavy atom. The first-order valence-corrected chi connectivity index (χ1v) is 10.7. The predicted molar refractivity (Wildman–Crippen MR) is 103 cm³/mol. The Morgan fingerprint density at radius 1 is 1.04 bits per heavy atom. The van der Waals surface area contributed by atoms with E-state index in [1.54, 1.807) is 30.3 Å². The van der Waals surface area contributed by atoms with Gasteiger partial charge in [-0.3, -0.25) is 9.21 Å². The third-order valence-corrected chi connectivity index (χ3v) is 7.04. The molecule has 0 saturated carbocycles. The number of ether oxygens (including phenoxy) is 1. The highest BCUT2D eigenvalue weighted by atomic mass is 32.2. The van der Waals surface area contributed by atoms with E-state index in [2.05, 4.69) is 4.90 Å². The van der Waals surface area contributed by atoms with Crippen LogP contribution in [0.3, 0.4) is 0 Å². The van der Waals surface area contributed by atoms with Gasteiger partial charge >= 0.3 is 0 Å². The van der Waals surface area contributed by atoms with Crippen LogP contribution in [0.4, 0.5) is 5.69 Å². The van der Waals surface area contributed by atoms with E-state index in [0.717, 1.165) is 24.2 Å². The van der Waals surface area contributed by atoms with Gasteiger partial charge in [0.1, 0.15) is 0 Å². The molecule has 144 valence electrons. The highest BCUT2D eigenvalue weighted by Crippen LogP contribution is 2.35. The molecule has 4 rings (SSSR count). The lowest BCUT2D eigenvalue weighted by Crippen LogP contribution is -2.38. The number of aliphatic hydroxyl groups is 1. The lowest BCUT2D eigenvalue weighted by atomic mass is 10.0. The standard InChI is InChI=1S/C20H24N2O4S/c23-20(15-21-10-12-26-13-11-21)17-7-6-16-8-9-22(19(16)14-17)27(24,25)18-4-2-1-3-5-18/h1-7,14,20,23H,8-13,15H2. The molecule has 27 heavy (non-hydrogen) atoms. The summed E-state index contributed by atoms with van der Waals surface area (Å²) >= 11 is 0. The second-order valence-corrected chi connectivity index (χ2v) is 8.82. The van der Waals surface area contributed by atoms with E-state index in [1.165, 1.54) is 4.31 Å². The maximum atomic E-state index is 13.0. The molecule has 0 aromatic heterocycles. The van der Waals surface area contributed by atoms with E-state index in [1.807, 2.05) is 18.2 Å². The number of aliphatic hydroxyl groups excluding tert-OH is 1. The third-order valence-electron chi connectivity index (χ3n) is 5.21. The Morgan fingerprint density at radius 2 is 1.78 bits per heavy atom. The first-order valence-electron chi connectivity index (χ1n) is 9.24. The smallest absolute Gasteiger partial charge is 0.264 e. The van der Waals surface area contributed by atoms with E-state index < -0.39 is 16.1 Å². The zero-order chi connectivity index (χ0) is 18.9. The molecule has 2 aliphatic heterocycles. The van der Waals surface area contributed by atoms with Gasteiger partial charge in [0, 0.05) is 26.2 Å². The Bertz CT molecular complexity index is 895. The molecule has 1 N–H and O–H groups in total. The molecule has 1 saturated heterocycles. The lowest BCUT2D eigenvalue weighted by Gasteiger charge is -2.29. The van der Waals surface area contributed by atoms with Gasteiger partial charge < -0.3 is 9.84 Å². The van der Waals surface area contributed by atoms with Crippen LogP contribution in [0.5, 0.6) is 0 Å². The van der Waals surface area contributed by atoms with Crippen LogP contribution in [0.15, 0.2) is 53.4 Å². The summed E-state index contributed by atoms with van der Waals surface area (Å²) in [6, 6.07) is 14.2. The molecule has 0 amide bonds. The minimum Gasteiger partial charge on any atom is -0.387 e. The molecule has 2 aromatic rings. The SMILES string of the molecule is O=S(=O)(c1ccccc1)N1CCc2ccc(C(O)CN3CCOCC3)cc21. The molecule has 0 aliphatic carbocycles. The molecule has 0 bridgehead atoms. The van der Waals surface area contributed by atoms with Gasteiger partial charge in [0.15, 0.2) is 0 Å². The van der Waals surface area contributed by atoms with Gasteiger partial charge in [-0.15, -0.1) is 0 Å². The van der Waals surface area contributed by atoms with Crippen molar-refractivity contribution < 1.29 is 18.3 Å². The summed E-state index contributed by atoms with van der Waals surface area (Å²) in [6.07, 6.45) is 0.0246. The number of β-amino-alcohol motifs (C(OH)–C–C–N with tert-alkyl or cyclic N) is 1. The van der Waals surface area contributed by atoms with Crippen LogP contribution < -0.4 is 4.31 Å². The normalized spacial score (nSPS) is 19.1. The summed E-state index contributed by atoms with van der Waals surface area (Å²) in [5.41, 5.74) is 2.42. The van der Waals surface area contributed by atoms with Crippen LogP contribution in [-0.4, -0.2) is 57.8 Å². The number of morpholine rings is 1. The summed E-state index contributed by atoms with van der Waals surface area (Å²) in [4.78, 5) is 2.46. The minimum atomic E-state index is -3.60. The molecule has 2 aromatic carbocycles. The highest BCUT2D eigenvalue weighted by molar-refractivity contribution is 7.92. The summed E-state index contributed by atoms with van der Waals surface area (Å²) in [5, 5.41) is 10.7. The molecule has 2 aliphatic rings. The average Bonchev–Trinajstić information content (AvgIpc) is 3.13. The van der Waals surface area contributed by atoms with Crippen molar-refractivity contribution in [2.75, 3.05) is 43.7 Å². The van der Waals surface area contributed by atoms with Crippen molar-refractivity contribution in [2.45, 2.75) is 17.4 Å². The Kier molecular flexibility index (Phi) is 5.19. The second kappa shape index (κ2) is 7.59. The number of nitrogens with zero attached hydrogens (tertiary/aromatic N) is 2. The Balaban J connectivity index is 1.58. The molecule has 1 fully saturated rings. The Hall–Kier alpha value is -1.93. The fraction of sp³-hybridized carbons (Fsp3) is 0.400. The van der Waals surface area contributed by atoms with Crippen LogP contribution in [-0.2, 0) is 21.2 Å². The fourth-order valence-electron chi connectivity index (χ4n) is 3.68. The van der Waals surface area contributed by atoms with Crippen LogP contribution in [0, 0.1) is 0 Å². The van der Waals surface area contributed by atoms with Gasteiger partial charge in [0.25, 0.3) is 10.0 Å². The predicted octanol–water partition coefficient (Wildman–Crippen LogP) is 1.80. The number of benzene rings is 2. The number of rotatable bonds is 5. The van der Waals surface area contributed by atoms with Crippen LogP contribution in [0.2, 0.25) is 0 Å². The number of anilines is 1. The Labute approximate surface area is 160 Å². The van der Waals surface area contributed by atoms with Crippen LogP contribution in [0.1, 0.15) is 17.2 Å². The minimum absolute atomic E-state index is 0.289. The fourth-order valence-corrected chi connectivity index (χ4v) is 5.19. The zero-order valence-corrected chi connectivity index (χ0v) is 15.9. The van der Waals surface area contributed by atoms with Crippen LogP contribution >= 0.6 is 0 Å². The molecular weight excluding hydrogens is 364 g/mol. The van der Waals surface area contributed by atoms with E-state index >= 15 is 0 Å². The largest absolute Gasteiger partial charge is 0.387 e. The topological polar surface area (TPSA) is 70.1 Å². The zero-order valence-electron chi connectivity index (χ0n) is 15.1. The summed E-state index contributed by atoms with van der Waals surface area (Å²) in [6.45, 7) is 3.91. The first-order chi connectivity index (χ1) is 13.1. The van der Waals surface area contributed by atoms with Crippen molar-refractivity contribution in [3.63, 3.8) is 0 Å². The summed E-state index contributed by atoms with van der Waals surface area (Å²) in [5.74, 6) is 0. The number of fused-ring (bicyclic) bond motifs is 1. The quantitative estimate of drug-likeness (QED) is 0.846. The molecule has 7 heteroatoms. The molecule has 0 radical (unpaired) electrons. The maximum absolute atomic E-state index is 13.0. The first kappa shape index (κ1) is 18.4. The average molecular weight is 388 g/mol. The van der Waals surface area contributed by atoms with Gasteiger partial charge in [-0.05, 0) is 35.7 Å². The van der Waals surface area contributed by atoms with Gasteiger partial charge in [-0.2, -0.15) is 0 Å². The molecule has 6 nitrogen and oxygen atoms in total. The number of hydrogen-bond donors (Lipinski definition) is 1. The van der Waals surface area contributed by atoms with Crippen molar-refractivity contribution in [1.82, 2.24) is 4.90 Å². The molecule has 1 unspecified atom stereocenters. The lowest BCUT2D eigenvalue weighted by molar-refractivity contribution is 0.0143. The molecule has 0 spiro atoms. The van der Waals surface area contributed by atoms with Crippen molar-refractivity contribution in [3.05, 3.63) is 59.7 Å². The van der Waals surface area contributed by atoms with E-state index in [9.17, 15) is 13.5 Å². The van der Waals surface area contributed by atoms with E-state index in [4.69, 9.17) is 4.74 Å². The van der Waals surface area contributed by atoms with Crippen LogP contribution in [0.25, 0.3) is 0 Å². The van der Waals surface area contributed by atoms with Gasteiger partial charge in [0.2, 0.25) is 0 Å². The highest BCUT2D eigenvalue weighted by Gasteiger charge is 2.31. The number of hydrogen-bond acceptors (Lipinski definition) is 5. The van der Waals surface area contributed by atoms with Gasteiger partial charge in [-0.1, -0.05) is 30.3 Å². The summed E-state index contributed by atoms with van der Waals surface area (Å²) < 4.78 is 32.9. The molecule has 1 atom stereocenters. The van der Waals surface area contributed by atoms with Crippen molar-refractivity contribution in [3.8, 4) is 0 Å². The third kappa shape index (κ3) is 3.73. The van der Waals surface area contributed by atoms with Gasteiger partial charge in [-0.25, -0.2) is 8.42 Å². The second-order valence-electron chi connectivity index (χ2n) is 6.96. The summed E-state index contributed by atoms with van der Waals surface area (Å²) in [7, 11) is -3.60. The van der Waals surface area contributed by atoms with E-state index in [-0.39, 0.29) is 4.90 Å². The van der Waals surface area contributed by atoms with Crippen molar-refractivity contribution in [1.29, 1.82) is 0 Å².